The lowest BCUT2D eigenvalue weighted by molar-refractivity contribution is -0.128. The number of carbonyl (C=O) groups excluding carboxylic acids is 2. The van der Waals surface area contributed by atoms with Crippen LogP contribution in [0.25, 0.3) is 5.65 Å². The summed E-state index contributed by atoms with van der Waals surface area (Å²) in [4.78, 5) is 37.4. The van der Waals surface area contributed by atoms with Gasteiger partial charge in [0.15, 0.2) is 0 Å². The summed E-state index contributed by atoms with van der Waals surface area (Å²) in [5.41, 5.74) is 3.97. The van der Waals surface area contributed by atoms with E-state index in [1.54, 1.807) is 24.3 Å². The quantitative estimate of drug-likeness (QED) is 0.248. The molecule has 1 saturated carbocycles. The van der Waals surface area contributed by atoms with Crippen molar-refractivity contribution >= 4 is 46.4 Å². The predicted octanol–water partition coefficient (Wildman–Crippen LogP) is 7.41. The third-order valence-electron chi connectivity index (χ3n) is 10.9. The number of benzene rings is 2. The highest BCUT2D eigenvalue weighted by Crippen LogP contribution is 2.65. The Labute approximate surface area is 277 Å². The zero-order chi connectivity index (χ0) is 30.6. The Morgan fingerprint density at radius 2 is 1.87 bits per heavy atom. The van der Waals surface area contributed by atoms with E-state index >= 15 is 4.39 Å². The fraction of sp³-hybridized carbons (Fsp3) is 0.417. The molecule has 0 radical (unpaired) electrons. The van der Waals surface area contributed by atoms with E-state index in [1.807, 2.05) is 35.4 Å². The third kappa shape index (κ3) is 4.15. The first-order chi connectivity index (χ1) is 21.9. The first-order valence-corrected chi connectivity index (χ1v) is 16.7. The number of halogens is 3. The van der Waals surface area contributed by atoms with Crippen LogP contribution in [0.4, 0.5) is 10.1 Å². The number of amides is 2. The zero-order valence-corrected chi connectivity index (χ0v) is 26.1. The molecule has 2 amide bonds. The number of piperidine rings is 1. The van der Waals surface area contributed by atoms with Gasteiger partial charge in [-0.2, -0.15) is 0 Å². The molecule has 3 aliphatic heterocycles. The lowest BCUT2D eigenvalue weighted by Gasteiger charge is -2.40. The molecule has 9 rings (SSSR count). The van der Waals surface area contributed by atoms with Gasteiger partial charge in [-0.15, -0.1) is 0 Å². The predicted molar refractivity (Wildman–Crippen MR) is 177 cm³/mol. The molecule has 3 fully saturated rings. The molecule has 5 aliphatic rings. The highest BCUT2D eigenvalue weighted by atomic mass is 35.5. The van der Waals surface area contributed by atoms with Crippen molar-refractivity contribution in [3.63, 3.8) is 0 Å². The number of nitrogens with one attached hydrogen (secondary N) is 1. The van der Waals surface area contributed by atoms with Gasteiger partial charge in [0.25, 0.3) is 5.91 Å². The Kier molecular flexibility index (Phi) is 7.02. The van der Waals surface area contributed by atoms with Gasteiger partial charge in [0.2, 0.25) is 5.91 Å². The number of carbonyl (C=O) groups is 2. The van der Waals surface area contributed by atoms with Crippen molar-refractivity contribution in [2.75, 3.05) is 25.0 Å². The van der Waals surface area contributed by atoms with E-state index in [9.17, 15) is 9.59 Å². The smallest absolute Gasteiger partial charge is 0.254 e. The van der Waals surface area contributed by atoms with Crippen molar-refractivity contribution in [3.8, 4) is 0 Å². The van der Waals surface area contributed by atoms with Gasteiger partial charge in [-0.1, -0.05) is 48.8 Å². The highest BCUT2D eigenvalue weighted by Gasteiger charge is 2.69. The number of fused-ring (bicyclic) bond motifs is 7. The molecule has 4 aromatic rings. The average molecular weight is 661 g/mol. The van der Waals surface area contributed by atoms with E-state index in [4.69, 9.17) is 28.2 Å². The summed E-state index contributed by atoms with van der Waals surface area (Å²) in [6.07, 6.45) is 8.03. The Balaban J connectivity index is 0.00000312. The molecule has 238 valence electrons. The van der Waals surface area contributed by atoms with E-state index in [-0.39, 0.29) is 36.2 Å². The van der Waals surface area contributed by atoms with Gasteiger partial charge in [0, 0.05) is 77.7 Å². The number of aromatic nitrogens is 2. The minimum absolute atomic E-state index is 0. The van der Waals surface area contributed by atoms with Gasteiger partial charge in [0.1, 0.15) is 17.0 Å². The second kappa shape index (κ2) is 10.8. The van der Waals surface area contributed by atoms with Gasteiger partial charge in [-0.3, -0.25) is 14.5 Å². The zero-order valence-electron chi connectivity index (χ0n) is 24.6. The molecular weight excluding hydrogens is 624 g/mol. The highest BCUT2D eigenvalue weighted by molar-refractivity contribution is 6.31. The maximum absolute atomic E-state index is 16.2. The largest absolute Gasteiger partial charge is 0.339 e. The summed E-state index contributed by atoms with van der Waals surface area (Å²) in [7, 11) is 0. The van der Waals surface area contributed by atoms with Gasteiger partial charge in [0.05, 0.1) is 10.7 Å². The summed E-state index contributed by atoms with van der Waals surface area (Å²) < 4.78 is 18.3. The SMILES string of the molecule is C.O=C(c1ccn2c3c(nc2c1)[C@@H]1[C@H](C3)N(CC2CC2)[C@@]2(C(=O)Nc3cc(Cl)ccc32)[C@H]1c1cccc(Cl)c1F)N1CCCCC1. The average Bonchev–Trinajstić information content (AvgIpc) is 3.49. The molecule has 0 bridgehead atoms. The van der Waals surface area contributed by atoms with E-state index in [2.05, 4.69) is 14.6 Å². The molecule has 2 aliphatic carbocycles. The molecule has 0 unspecified atom stereocenters. The minimum atomic E-state index is -1.16. The van der Waals surface area contributed by atoms with E-state index in [0.717, 1.165) is 68.7 Å². The van der Waals surface area contributed by atoms with Crippen LogP contribution in [0.5, 0.6) is 0 Å². The maximum Gasteiger partial charge on any atom is 0.254 e. The van der Waals surface area contributed by atoms with Crippen molar-refractivity contribution in [1.82, 2.24) is 19.2 Å². The van der Waals surface area contributed by atoms with Gasteiger partial charge in [-0.25, -0.2) is 9.37 Å². The molecule has 10 heteroatoms. The molecule has 2 aromatic carbocycles. The number of pyridine rings is 1. The topological polar surface area (TPSA) is 70.0 Å². The van der Waals surface area contributed by atoms with Crippen LogP contribution < -0.4 is 5.32 Å². The molecule has 7 nitrogen and oxygen atoms in total. The fourth-order valence-electron chi connectivity index (χ4n) is 8.81. The van der Waals surface area contributed by atoms with Gasteiger partial charge < -0.3 is 14.6 Å². The minimum Gasteiger partial charge on any atom is -0.339 e. The molecule has 2 aromatic heterocycles. The standard InChI is InChI=1S/C35H32Cl2FN5O2.CH4/c36-21-9-10-23-25(16-21)39-34(45)35(23)30(22-5-4-6-24(37)31(22)38)29-26(43(35)18-19-7-8-19)17-27-32(29)40-28-15-20(11-14-42(27)28)33(44)41-12-2-1-3-13-41;/h4-6,9-11,14-16,19,26,29-30H,1-3,7-8,12-13,17-18H2,(H,39,45);1H4/t26-,29+,30-,35+;/m0./s1. The summed E-state index contributed by atoms with van der Waals surface area (Å²) >= 11 is 12.8. The van der Waals surface area contributed by atoms with Gasteiger partial charge >= 0.3 is 0 Å². The number of anilines is 1. The molecule has 4 atom stereocenters. The van der Waals surface area contributed by atoms with Gasteiger partial charge in [-0.05, 0) is 73.9 Å². The number of nitrogens with zero attached hydrogens (tertiary/aromatic N) is 4. The molecule has 1 N–H and O–H groups in total. The molecule has 2 saturated heterocycles. The van der Waals surface area contributed by atoms with Crippen molar-refractivity contribution in [2.45, 2.75) is 69.4 Å². The second-order valence-electron chi connectivity index (χ2n) is 13.4. The van der Waals surface area contributed by atoms with Crippen LogP contribution in [0.2, 0.25) is 10.0 Å². The van der Waals surface area contributed by atoms with Crippen molar-refractivity contribution < 1.29 is 14.0 Å². The van der Waals surface area contributed by atoms with Crippen LogP contribution in [0.3, 0.4) is 0 Å². The summed E-state index contributed by atoms with van der Waals surface area (Å²) in [6, 6.07) is 14.3. The fourth-order valence-corrected chi connectivity index (χ4v) is 9.16. The monoisotopic (exact) mass is 659 g/mol. The van der Waals surface area contributed by atoms with Crippen LogP contribution in [0.1, 0.15) is 84.2 Å². The summed E-state index contributed by atoms with van der Waals surface area (Å²) in [5.74, 6) is -1.03. The number of hydrogen-bond acceptors (Lipinski definition) is 4. The van der Waals surface area contributed by atoms with Crippen molar-refractivity contribution in [3.05, 3.63) is 98.7 Å². The number of likely N-dealkylation sites (tertiary alicyclic amines) is 2. The maximum atomic E-state index is 16.2. The van der Waals surface area contributed by atoms with Crippen LogP contribution in [-0.4, -0.2) is 56.7 Å². The molecule has 1 spiro atoms. The van der Waals surface area contributed by atoms with Crippen LogP contribution in [0, 0.1) is 11.7 Å². The Morgan fingerprint density at radius 1 is 1.07 bits per heavy atom. The van der Waals surface area contributed by atoms with Crippen LogP contribution >= 0.6 is 23.2 Å². The molecular formula is C36H36Cl2FN5O2. The first-order valence-electron chi connectivity index (χ1n) is 16.0. The lowest BCUT2D eigenvalue weighted by Crippen LogP contribution is -2.53. The molecule has 46 heavy (non-hydrogen) atoms. The van der Waals surface area contributed by atoms with Crippen LogP contribution in [-0.2, 0) is 16.8 Å². The number of imidazole rings is 1. The number of hydrogen-bond donors (Lipinski definition) is 1. The summed E-state index contributed by atoms with van der Waals surface area (Å²) in [5, 5.41) is 3.69. The normalized spacial score (nSPS) is 26.6. The first kappa shape index (κ1) is 29.9. The van der Waals surface area contributed by atoms with E-state index in [0.29, 0.717) is 39.8 Å². The Hall–Kier alpha value is -3.46. The van der Waals surface area contributed by atoms with Crippen molar-refractivity contribution in [1.29, 1.82) is 0 Å². The van der Waals surface area contributed by atoms with Crippen molar-refractivity contribution in [2.24, 2.45) is 5.92 Å². The Bertz CT molecular complexity index is 1920. The van der Waals surface area contributed by atoms with E-state index in [1.165, 1.54) is 0 Å². The summed E-state index contributed by atoms with van der Waals surface area (Å²) in [6.45, 7) is 2.29. The lowest BCUT2D eigenvalue weighted by atomic mass is 9.71. The molecule has 5 heterocycles. The van der Waals surface area contributed by atoms with E-state index < -0.39 is 17.3 Å². The van der Waals surface area contributed by atoms with Crippen LogP contribution in [0.15, 0.2) is 54.7 Å². The Morgan fingerprint density at radius 3 is 2.65 bits per heavy atom. The third-order valence-corrected chi connectivity index (χ3v) is 11.4. The second-order valence-corrected chi connectivity index (χ2v) is 14.2. The number of rotatable bonds is 4.